The molecule has 2 aromatic carbocycles. The zero-order valence-electron chi connectivity index (χ0n) is 18.3. The molecule has 8 heteroatoms. The van der Waals surface area contributed by atoms with Gasteiger partial charge in [0.15, 0.2) is 0 Å². The van der Waals surface area contributed by atoms with E-state index in [1.807, 2.05) is 59.5 Å². The molecule has 5 rings (SSSR count). The fourth-order valence-electron chi connectivity index (χ4n) is 4.67. The Hall–Kier alpha value is -3.26. The molecule has 1 aromatic heterocycles. The van der Waals surface area contributed by atoms with Gasteiger partial charge in [0.25, 0.3) is 0 Å². The summed E-state index contributed by atoms with van der Waals surface area (Å²) in [6.07, 6.45) is 2.34. The summed E-state index contributed by atoms with van der Waals surface area (Å²) >= 11 is 3.49. The number of hydrogen-bond donors (Lipinski definition) is 1. The van der Waals surface area contributed by atoms with Gasteiger partial charge in [0.05, 0.1) is 19.2 Å². The second kappa shape index (κ2) is 8.94. The summed E-state index contributed by atoms with van der Waals surface area (Å²) in [6, 6.07) is 19.0. The zero-order chi connectivity index (χ0) is 22.9. The van der Waals surface area contributed by atoms with E-state index in [-0.39, 0.29) is 30.4 Å². The van der Waals surface area contributed by atoms with Gasteiger partial charge in [0.2, 0.25) is 5.91 Å². The highest BCUT2D eigenvalue weighted by Crippen LogP contribution is 2.33. The van der Waals surface area contributed by atoms with Crippen molar-refractivity contribution in [3.8, 4) is 5.75 Å². The van der Waals surface area contributed by atoms with Crippen molar-refractivity contribution in [1.82, 2.24) is 14.8 Å². The summed E-state index contributed by atoms with van der Waals surface area (Å²) in [5, 5.41) is 3.12. The molecule has 2 aliphatic rings. The van der Waals surface area contributed by atoms with Crippen molar-refractivity contribution in [2.75, 3.05) is 25.1 Å². The molecule has 33 heavy (non-hydrogen) atoms. The predicted octanol–water partition coefficient (Wildman–Crippen LogP) is 4.18. The Morgan fingerprint density at radius 2 is 1.82 bits per heavy atom. The smallest absolute Gasteiger partial charge is 0.318 e. The number of aromatic nitrogens is 1. The number of ether oxygens (including phenoxy) is 1. The van der Waals surface area contributed by atoms with Crippen molar-refractivity contribution in [3.05, 3.63) is 82.6 Å². The van der Waals surface area contributed by atoms with Gasteiger partial charge < -0.3 is 24.4 Å². The number of amides is 3. The third-order valence-corrected chi connectivity index (χ3v) is 6.85. The van der Waals surface area contributed by atoms with E-state index in [4.69, 9.17) is 4.74 Å². The minimum atomic E-state index is -0.244. The second-order valence-corrected chi connectivity index (χ2v) is 9.24. The van der Waals surface area contributed by atoms with Gasteiger partial charge in [-0.3, -0.25) is 4.79 Å². The van der Waals surface area contributed by atoms with Crippen LogP contribution in [0.15, 0.2) is 71.3 Å². The maximum absolute atomic E-state index is 13.4. The number of nitrogens with one attached hydrogen (secondary N) is 1. The Bertz CT molecular complexity index is 1160. The lowest BCUT2D eigenvalue weighted by molar-refractivity contribution is -0.117. The Labute approximate surface area is 201 Å². The monoisotopic (exact) mass is 508 g/mol. The average molecular weight is 509 g/mol. The van der Waals surface area contributed by atoms with Crippen LogP contribution in [0.2, 0.25) is 0 Å². The van der Waals surface area contributed by atoms with Crippen LogP contribution in [0, 0.1) is 0 Å². The molecule has 0 bridgehead atoms. The lowest BCUT2D eigenvalue weighted by atomic mass is 10.0. The fourth-order valence-corrected chi connectivity index (χ4v) is 4.94. The lowest BCUT2D eigenvalue weighted by Gasteiger charge is -2.38. The van der Waals surface area contributed by atoms with E-state index in [9.17, 15) is 9.59 Å². The Balaban J connectivity index is 1.33. The Morgan fingerprint density at radius 1 is 1.06 bits per heavy atom. The molecular formula is C25H25BrN4O3. The maximum atomic E-state index is 13.4. The van der Waals surface area contributed by atoms with Crippen LogP contribution < -0.4 is 15.0 Å². The van der Waals surface area contributed by atoms with E-state index in [2.05, 4.69) is 38.1 Å². The number of benzene rings is 2. The van der Waals surface area contributed by atoms with Crippen molar-refractivity contribution in [3.63, 3.8) is 0 Å². The highest BCUT2D eigenvalue weighted by atomic mass is 79.9. The summed E-state index contributed by atoms with van der Waals surface area (Å²) in [6.45, 7) is 1.78. The number of fused-ring (bicyclic) bond motifs is 1. The first-order valence-corrected chi connectivity index (χ1v) is 11.7. The van der Waals surface area contributed by atoms with Crippen LogP contribution in [0.5, 0.6) is 5.75 Å². The van der Waals surface area contributed by atoms with Gasteiger partial charge in [-0.15, -0.1) is 0 Å². The molecular weight excluding hydrogens is 484 g/mol. The lowest BCUT2D eigenvalue weighted by Crippen LogP contribution is -2.50. The van der Waals surface area contributed by atoms with Crippen LogP contribution >= 0.6 is 15.9 Å². The minimum Gasteiger partial charge on any atom is -0.497 e. The van der Waals surface area contributed by atoms with Gasteiger partial charge in [-0.05, 0) is 54.1 Å². The predicted molar refractivity (Wildman–Crippen MR) is 129 cm³/mol. The average Bonchev–Trinajstić information content (AvgIpc) is 3.45. The zero-order valence-corrected chi connectivity index (χ0v) is 19.9. The Morgan fingerprint density at radius 3 is 2.55 bits per heavy atom. The van der Waals surface area contributed by atoms with Crippen molar-refractivity contribution in [1.29, 1.82) is 0 Å². The molecule has 0 aliphatic carbocycles. The third kappa shape index (κ3) is 4.23. The van der Waals surface area contributed by atoms with Crippen LogP contribution in [-0.4, -0.2) is 47.6 Å². The molecule has 0 spiro atoms. The molecule has 3 heterocycles. The van der Waals surface area contributed by atoms with Crippen molar-refractivity contribution in [2.45, 2.75) is 25.0 Å². The van der Waals surface area contributed by atoms with Gasteiger partial charge in [-0.2, -0.15) is 0 Å². The number of halogens is 1. The number of carbonyl (C=O) groups is 2. The first-order valence-electron chi connectivity index (χ1n) is 11.0. The molecule has 1 fully saturated rings. The summed E-state index contributed by atoms with van der Waals surface area (Å²) in [4.78, 5) is 29.7. The first kappa shape index (κ1) is 21.6. The molecule has 0 saturated carbocycles. The molecule has 2 unspecified atom stereocenters. The highest BCUT2D eigenvalue weighted by Gasteiger charge is 2.36. The molecule has 3 aromatic rings. The van der Waals surface area contributed by atoms with E-state index < -0.39 is 0 Å². The van der Waals surface area contributed by atoms with Crippen LogP contribution in [-0.2, 0) is 11.3 Å². The number of hydrogen-bond acceptors (Lipinski definition) is 3. The van der Waals surface area contributed by atoms with Crippen LogP contribution in [0.1, 0.15) is 23.7 Å². The highest BCUT2D eigenvalue weighted by molar-refractivity contribution is 9.10. The maximum Gasteiger partial charge on any atom is 0.318 e. The minimum absolute atomic E-state index is 0.00227. The SMILES string of the molecule is COc1ccc(N2CC(NC(=O)N3CCn4cccc4C3c3ccc(Br)cc3)CC2=O)cc1. The standard InChI is InChI=1S/C25H25BrN4O3/c1-33-21-10-8-20(9-11-21)30-16-19(15-23(30)31)27-25(32)29-14-13-28-12-2-3-22(28)24(29)17-4-6-18(26)7-5-17/h2-12,19,24H,13-16H2,1H3,(H,27,32). The summed E-state index contributed by atoms with van der Waals surface area (Å²) in [7, 11) is 1.61. The molecule has 7 nitrogen and oxygen atoms in total. The molecule has 170 valence electrons. The molecule has 1 N–H and O–H groups in total. The van der Waals surface area contributed by atoms with Gasteiger partial charge in [0.1, 0.15) is 5.75 Å². The Kier molecular flexibility index (Phi) is 5.85. The summed E-state index contributed by atoms with van der Waals surface area (Å²) in [5.74, 6) is 0.742. The van der Waals surface area contributed by atoms with Crippen molar-refractivity contribution < 1.29 is 14.3 Å². The van der Waals surface area contributed by atoms with Gasteiger partial charge >= 0.3 is 6.03 Å². The number of nitrogens with zero attached hydrogens (tertiary/aromatic N) is 3. The van der Waals surface area contributed by atoms with Gasteiger partial charge in [-0.25, -0.2) is 4.79 Å². The molecule has 1 saturated heterocycles. The van der Waals surface area contributed by atoms with Gasteiger partial charge in [0, 0.05) is 48.1 Å². The van der Waals surface area contributed by atoms with Crippen LogP contribution in [0.4, 0.5) is 10.5 Å². The summed E-state index contributed by atoms with van der Waals surface area (Å²) < 4.78 is 8.39. The van der Waals surface area contributed by atoms with E-state index in [0.29, 0.717) is 13.1 Å². The number of carbonyl (C=O) groups excluding carboxylic acids is 2. The summed E-state index contributed by atoms with van der Waals surface area (Å²) in [5.41, 5.74) is 2.94. The first-order chi connectivity index (χ1) is 16.0. The van der Waals surface area contributed by atoms with E-state index in [0.717, 1.165) is 33.7 Å². The van der Waals surface area contributed by atoms with Crippen molar-refractivity contribution in [2.24, 2.45) is 0 Å². The van der Waals surface area contributed by atoms with E-state index in [1.165, 1.54) is 0 Å². The van der Waals surface area contributed by atoms with Crippen LogP contribution in [0.25, 0.3) is 0 Å². The number of anilines is 1. The van der Waals surface area contributed by atoms with Crippen molar-refractivity contribution >= 4 is 33.6 Å². The molecule has 0 radical (unpaired) electrons. The number of rotatable bonds is 4. The van der Waals surface area contributed by atoms with Crippen LogP contribution in [0.3, 0.4) is 0 Å². The molecule has 3 amide bonds. The number of urea groups is 1. The molecule has 2 atom stereocenters. The fraction of sp³-hybridized carbons (Fsp3) is 0.280. The third-order valence-electron chi connectivity index (χ3n) is 6.32. The number of methoxy groups -OCH3 is 1. The second-order valence-electron chi connectivity index (χ2n) is 8.33. The quantitative estimate of drug-likeness (QED) is 0.574. The normalized spacial score (nSPS) is 20.0. The largest absolute Gasteiger partial charge is 0.497 e. The van der Waals surface area contributed by atoms with E-state index in [1.54, 1.807) is 12.0 Å². The van der Waals surface area contributed by atoms with Gasteiger partial charge in [-0.1, -0.05) is 28.1 Å². The molecule has 2 aliphatic heterocycles. The van der Waals surface area contributed by atoms with E-state index >= 15 is 0 Å². The topological polar surface area (TPSA) is 66.8 Å².